The minimum absolute atomic E-state index is 0.0359. The summed E-state index contributed by atoms with van der Waals surface area (Å²) in [5, 5.41) is 8.56. The quantitative estimate of drug-likeness (QED) is 0.330. The van der Waals surface area contributed by atoms with E-state index in [0.29, 0.717) is 18.7 Å². The molecule has 0 spiro atoms. The van der Waals surface area contributed by atoms with Crippen LogP contribution in [0.2, 0.25) is 0 Å². The average Bonchev–Trinajstić information content (AvgIpc) is 3.35. The molecule has 3 aromatic heterocycles. The van der Waals surface area contributed by atoms with Gasteiger partial charge in [0.2, 0.25) is 0 Å². The van der Waals surface area contributed by atoms with Crippen LogP contribution in [0.5, 0.6) is 0 Å². The predicted octanol–water partition coefficient (Wildman–Crippen LogP) is 4.39. The monoisotopic (exact) mass is 499 g/mol. The van der Waals surface area contributed by atoms with Gasteiger partial charge in [-0.3, -0.25) is 9.78 Å². The first kappa shape index (κ1) is 26.4. The van der Waals surface area contributed by atoms with Gasteiger partial charge in [0.05, 0.1) is 22.8 Å². The van der Waals surface area contributed by atoms with Gasteiger partial charge in [-0.2, -0.15) is 5.10 Å². The van der Waals surface area contributed by atoms with Gasteiger partial charge in [-0.05, 0) is 64.2 Å². The summed E-state index contributed by atoms with van der Waals surface area (Å²) < 4.78 is 1.89. The van der Waals surface area contributed by atoms with E-state index < -0.39 is 0 Å². The predicted molar refractivity (Wildman–Crippen MR) is 148 cm³/mol. The van der Waals surface area contributed by atoms with E-state index in [1.165, 1.54) is 5.56 Å². The summed E-state index contributed by atoms with van der Waals surface area (Å²) in [7, 11) is 4.08. The standard InChI is InChI=1S/C29H37N7O/c1-6-35(20-23-10-8-12-31-17-23)29(37)25-16-27(33-28-26(25)18-32-36(28)21(2)3)24-11-7-9-22(15-24)19-34(5)14-13-30-4/h7-12,15-18,21,30H,6,13-14,19-20H2,1-5H3. The van der Waals surface area contributed by atoms with Gasteiger partial charge in [0.1, 0.15) is 0 Å². The molecule has 0 unspecified atom stereocenters. The molecule has 0 saturated carbocycles. The van der Waals surface area contributed by atoms with Crippen molar-refractivity contribution in [3.05, 3.63) is 77.7 Å². The number of hydrogen-bond donors (Lipinski definition) is 1. The second kappa shape index (κ2) is 12.1. The Morgan fingerprint density at radius 3 is 2.59 bits per heavy atom. The Hall–Kier alpha value is -3.62. The lowest BCUT2D eigenvalue weighted by molar-refractivity contribution is 0.0754. The summed E-state index contributed by atoms with van der Waals surface area (Å²) >= 11 is 0. The molecule has 1 amide bonds. The van der Waals surface area contributed by atoms with Crippen molar-refractivity contribution >= 4 is 16.9 Å². The zero-order chi connectivity index (χ0) is 26.4. The van der Waals surface area contributed by atoms with Crippen LogP contribution in [0.3, 0.4) is 0 Å². The molecule has 8 nitrogen and oxygen atoms in total. The van der Waals surface area contributed by atoms with Crippen molar-refractivity contribution in [1.82, 2.24) is 34.9 Å². The number of aromatic nitrogens is 4. The van der Waals surface area contributed by atoms with Crippen molar-refractivity contribution in [2.75, 3.05) is 33.7 Å². The average molecular weight is 500 g/mol. The lowest BCUT2D eigenvalue weighted by atomic mass is 10.0. The van der Waals surface area contributed by atoms with Gasteiger partial charge in [-0.15, -0.1) is 0 Å². The van der Waals surface area contributed by atoms with Crippen LogP contribution in [-0.2, 0) is 13.1 Å². The second-order valence-corrected chi connectivity index (χ2v) is 9.70. The molecule has 4 aromatic rings. The van der Waals surface area contributed by atoms with Gasteiger partial charge in [0, 0.05) is 56.7 Å². The van der Waals surface area contributed by atoms with Crippen molar-refractivity contribution in [3.8, 4) is 11.3 Å². The number of nitrogens with one attached hydrogen (secondary N) is 1. The van der Waals surface area contributed by atoms with E-state index >= 15 is 0 Å². The molecule has 0 bridgehead atoms. The number of rotatable bonds is 11. The van der Waals surface area contributed by atoms with Crippen LogP contribution >= 0.6 is 0 Å². The van der Waals surface area contributed by atoms with E-state index in [4.69, 9.17) is 4.98 Å². The zero-order valence-corrected chi connectivity index (χ0v) is 22.5. The molecule has 1 N–H and O–H groups in total. The Morgan fingerprint density at radius 2 is 1.89 bits per heavy atom. The smallest absolute Gasteiger partial charge is 0.255 e. The number of pyridine rings is 2. The summed E-state index contributed by atoms with van der Waals surface area (Å²) in [4.78, 5) is 27.2. The number of amides is 1. The first-order valence-electron chi connectivity index (χ1n) is 12.9. The zero-order valence-electron chi connectivity index (χ0n) is 22.5. The van der Waals surface area contributed by atoms with Crippen LogP contribution in [0.1, 0.15) is 48.3 Å². The number of carbonyl (C=O) groups is 1. The number of likely N-dealkylation sites (N-methyl/N-ethyl adjacent to an activating group) is 2. The van der Waals surface area contributed by atoms with Gasteiger partial charge in [0.15, 0.2) is 5.65 Å². The fraction of sp³-hybridized carbons (Fsp3) is 0.379. The molecule has 0 saturated heterocycles. The Labute approximate surface area is 219 Å². The minimum Gasteiger partial charge on any atom is -0.335 e. The fourth-order valence-corrected chi connectivity index (χ4v) is 4.45. The third kappa shape index (κ3) is 6.21. The molecule has 0 aliphatic carbocycles. The minimum atomic E-state index is -0.0359. The SMILES string of the molecule is CCN(Cc1cccnc1)C(=O)c1cc(-c2cccc(CN(C)CCNC)c2)nc2c1cnn2C(C)C. The summed E-state index contributed by atoms with van der Waals surface area (Å²) in [5.41, 5.74) is 5.31. The van der Waals surface area contributed by atoms with Gasteiger partial charge in [-0.1, -0.05) is 24.3 Å². The maximum absolute atomic E-state index is 13.9. The van der Waals surface area contributed by atoms with E-state index in [1.54, 1.807) is 18.6 Å². The third-order valence-electron chi connectivity index (χ3n) is 6.47. The third-order valence-corrected chi connectivity index (χ3v) is 6.47. The highest BCUT2D eigenvalue weighted by molar-refractivity contribution is 6.06. The molecule has 37 heavy (non-hydrogen) atoms. The van der Waals surface area contributed by atoms with Crippen molar-refractivity contribution in [3.63, 3.8) is 0 Å². The van der Waals surface area contributed by atoms with Crippen LogP contribution < -0.4 is 5.32 Å². The van der Waals surface area contributed by atoms with E-state index in [0.717, 1.165) is 47.5 Å². The van der Waals surface area contributed by atoms with Gasteiger partial charge >= 0.3 is 0 Å². The van der Waals surface area contributed by atoms with Crippen LogP contribution in [0.15, 0.2) is 61.1 Å². The highest BCUT2D eigenvalue weighted by Crippen LogP contribution is 2.28. The Balaban J connectivity index is 1.74. The number of benzene rings is 1. The maximum Gasteiger partial charge on any atom is 0.255 e. The highest BCUT2D eigenvalue weighted by atomic mass is 16.2. The van der Waals surface area contributed by atoms with Gasteiger partial charge in [-0.25, -0.2) is 9.67 Å². The molecule has 8 heteroatoms. The summed E-state index contributed by atoms with van der Waals surface area (Å²) in [5.74, 6) is -0.0359. The Bertz CT molecular complexity index is 1330. The topological polar surface area (TPSA) is 79.2 Å². The van der Waals surface area contributed by atoms with Crippen molar-refractivity contribution in [2.45, 2.75) is 39.9 Å². The highest BCUT2D eigenvalue weighted by Gasteiger charge is 2.22. The first-order valence-corrected chi connectivity index (χ1v) is 12.9. The van der Waals surface area contributed by atoms with Crippen LogP contribution in [-0.4, -0.2) is 69.2 Å². The molecule has 194 valence electrons. The fourth-order valence-electron chi connectivity index (χ4n) is 4.45. The molecule has 3 heterocycles. The van der Waals surface area contributed by atoms with Crippen molar-refractivity contribution < 1.29 is 4.79 Å². The van der Waals surface area contributed by atoms with E-state index in [9.17, 15) is 4.79 Å². The summed E-state index contributed by atoms with van der Waals surface area (Å²) in [6.45, 7) is 9.96. The van der Waals surface area contributed by atoms with Crippen LogP contribution in [0.4, 0.5) is 0 Å². The lowest BCUT2D eigenvalue weighted by Crippen LogP contribution is -2.30. The van der Waals surface area contributed by atoms with E-state index in [2.05, 4.69) is 65.5 Å². The van der Waals surface area contributed by atoms with Gasteiger partial charge < -0.3 is 15.1 Å². The molecule has 1 aromatic carbocycles. The second-order valence-electron chi connectivity index (χ2n) is 9.70. The first-order chi connectivity index (χ1) is 17.9. The number of nitrogens with zero attached hydrogens (tertiary/aromatic N) is 6. The Kier molecular flexibility index (Phi) is 8.63. The van der Waals surface area contributed by atoms with Crippen LogP contribution in [0, 0.1) is 0 Å². The number of hydrogen-bond acceptors (Lipinski definition) is 6. The summed E-state index contributed by atoms with van der Waals surface area (Å²) in [6, 6.07) is 14.4. The maximum atomic E-state index is 13.9. The largest absolute Gasteiger partial charge is 0.335 e. The van der Waals surface area contributed by atoms with Crippen LogP contribution in [0.25, 0.3) is 22.3 Å². The molecule has 0 atom stereocenters. The molecular formula is C29H37N7O. The Morgan fingerprint density at radius 1 is 1.08 bits per heavy atom. The van der Waals surface area contributed by atoms with Crippen molar-refractivity contribution in [1.29, 1.82) is 0 Å². The van der Waals surface area contributed by atoms with Gasteiger partial charge in [0.25, 0.3) is 5.91 Å². The van der Waals surface area contributed by atoms with Crippen molar-refractivity contribution in [2.24, 2.45) is 0 Å². The number of carbonyl (C=O) groups excluding carboxylic acids is 1. The lowest BCUT2D eigenvalue weighted by Gasteiger charge is -2.22. The number of fused-ring (bicyclic) bond motifs is 1. The molecule has 0 fully saturated rings. The molecule has 0 aliphatic heterocycles. The summed E-state index contributed by atoms with van der Waals surface area (Å²) in [6.07, 6.45) is 5.32. The normalized spacial score (nSPS) is 11.5. The van der Waals surface area contributed by atoms with E-state index in [1.807, 2.05) is 41.8 Å². The molecule has 4 rings (SSSR count). The molecule has 0 aliphatic rings. The molecular weight excluding hydrogens is 462 g/mol. The van der Waals surface area contributed by atoms with E-state index in [-0.39, 0.29) is 11.9 Å². The molecule has 0 radical (unpaired) electrons.